The second kappa shape index (κ2) is 6.71. The van der Waals surface area contributed by atoms with Crippen molar-refractivity contribution in [1.82, 2.24) is 5.32 Å². The predicted molar refractivity (Wildman–Crippen MR) is 83.1 cm³/mol. The highest BCUT2D eigenvalue weighted by molar-refractivity contribution is 7.16. The van der Waals surface area contributed by atoms with Gasteiger partial charge < -0.3 is 5.32 Å². The minimum atomic E-state index is 0.385. The van der Waals surface area contributed by atoms with Crippen LogP contribution < -0.4 is 5.32 Å². The molecule has 0 amide bonds. The molecule has 2 aromatic heterocycles. The van der Waals surface area contributed by atoms with Gasteiger partial charge in [0, 0.05) is 27.1 Å². The van der Waals surface area contributed by atoms with Crippen molar-refractivity contribution < 1.29 is 0 Å². The Morgan fingerprint density at radius 1 is 1.11 bits per heavy atom. The molecule has 0 aliphatic carbocycles. The normalized spacial score (nSPS) is 12.8. The third-order valence-corrected chi connectivity index (χ3v) is 5.46. The van der Waals surface area contributed by atoms with Gasteiger partial charge in [-0.15, -0.1) is 22.7 Å². The van der Waals surface area contributed by atoms with Gasteiger partial charge in [0.1, 0.15) is 0 Å². The van der Waals surface area contributed by atoms with Crippen LogP contribution in [0.3, 0.4) is 0 Å². The smallest absolute Gasteiger partial charge is 0.0931 e. The number of halogens is 1. The summed E-state index contributed by atoms with van der Waals surface area (Å²) in [6.45, 7) is 5.33. The number of hydrogen-bond acceptors (Lipinski definition) is 3. The van der Waals surface area contributed by atoms with Gasteiger partial charge in [0.15, 0.2) is 0 Å². The summed E-state index contributed by atoms with van der Waals surface area (Å²) >= 11 is 9.62. The Hall–Kier alpha value is -0.350. The van der Waals surface area contributed by atoms with Crippen molar-refractivity contribution in [3.63, 3.8) is 0 Å². The maximum atomic E-state index is 6.03. The zero-order chi connectivity index (χ0) is 13.0. The maximum Gasteiger partial charge on any atom is 0.0931 e. The van der Waals surface area contributed by atoms with E-state index in [9.17, 15) is 0 Å². The summed E-state index contributed by atoms with van der Waals surface area (Å²) in [4.78, 5) is 4.24. The molecule has 0 aliphatic heterocycles. The molecule has 1 nitrogen and oxygen atoms in total. The molecule has 2 heterocycles. The number of thiophene rings is 2. The number of aryl methyl sites for hydroxylation is 1. The Balaban J connectivity index is 2.10. The Kier molecular flexibility index (Phi) is 5.25. The molecule has 0 radical (unpaired) electrons. The van der Waals surface area contributed by atoms with E-state index in [-0.39, 0.29) is 0 Å². The Labute approximate surface area is 122 Å². The number of likely N-dealkylation sites (N-methyl/N-ethyl adjacent to an activating group) is 1. The van der Waals surface area contributed by atoms with E-state index < -0.39 is 0 Å². The number of nitrogens with one attached hydrogen (secondary N) is 1. The van der Waals surface area contributed by atoms with Crippen LogP contribution in [-0.4, -0.2) is 6.54 Å². The van der Waals surface area contributed by atoms with Gasteiger partial charge in [-0.1, -0.05) is 25.4 Å². The first-order valence-corrected chi connectivity index (χ1v) is 8.30. The molecule has 98 valence electrons. The second-order valence-electron chi connectivity index (χ2n) is 4.18. The quantitative estimate of drug-likeness (QED) is 0.798. The Morgan fingerprint density at radius 2 is 1.89 bits per heavy atom. The number of hydrogen-bond donors (Lipinski definition) is 1. The summed E-state index contributed by atoms with van der Waals surface area (Å²) in [6.07, 6.45) is 2.18. The van der Waals surface area contributed by atoms with Gasteiger partial charge in [-0.3, -0.25) is 0 Å². The topological polar surface area (TPSA) is 12.0 Å². The lowest BCUT2D eigenvalue weighted by atomic mass is 10.1. The van der Waals surface area contributed by atoms with Gasteiger partial charge in [-0.05, 0) is 37.2 Å². The van der Waals surface area contributed by atoms with Gasteiger partial charge in [0.05, 0.1) is 4.34 Å². The fourth-order valence-corrected chi connectivity index (χ4v) is 4.10. The van der Waals surface area contributed by atoms with Gasteiger partial charge in [-0.2, -0.15) is 0 Å². The molecule has 0 aromatic carbocycles. The molecule has 0 spiro atoms. The van der Waals surface area contributed by atoms with Gasteiger partial charge in [0.25, 0.3) is 0 Å². The molecule has 1 unspecified atom stereocenters. The van der Waals surface area contributed by atoms with Crippen molar-refractivity contribution in [1.29, 1.82) is 0 Å². The van der Waals surface area contributed by atoms with E-state index in [0.717, 1.165) is 23.7 Å². The molecule has 0 aliphatic rings. The van der Waals surface area contributed by atoms with E-state index in [1.807, 2.05) is 17.4 Å². The van der Waals surface area contributed by atoms with Crippen LogP contribution in [0.4, 0.5) is 0 Å². The fourth-order valence-electron chi connectivity index (χ4n) is 1.96. The zero-order valence-electron chi connectivity index (χ0n) is 10.7. The van der Waals surface area contributed by atoms with Crippen molar-refractivity contribution in [2.75, 3.05) is 6.54 Å². The molecule has 18 heavy (non-hydrogen) atoms. The average molecular weight is 300 g/mol. The Morgan fingerprint density at radius 3 is 2.44 bits per heavy atom. The van der Waals surface area contributed by atoms with Crippen LogP contribution in [-0.2, 0) is 12.8 Å². The average Bonchev–Trinajstić information content (AvgIpc) is 2.97. The third-order valence-electron chi connectivity index (χ3n) is 2.86. The maximum absolute atomic E-state index is 6.03. The molecule has 0 bridgehead atoms. The first kappa shape index (κ1) is 14.1. The van der Waals surface area contributed by atoms with Crippen LogP contribution in [0.5, 0.6) is 0 Å². The zero-order valence-corrected chi connectivity index (χ0v) is 13.1. The minimum absolute atomic E-state index is 0.385. The van der Waals surface area contributed by atoms with E-state index in [0.29, 0.717) is 6.04 Å². The highest BCUT2D eigenvalue weighted by Gasteiger charge is 2.14. The fraction of sp³-hybridized carbons (Fsp3) is 0.429. The van der Waals surface area contributed by atoms with Crippen LogP contribution in [0.2, 0.25) is 4.34 Å². The largest absolute Gasteiger partial charge is 0.309 e. The summed E-state index contributed by atoms with van der Waals surface area (Å²) in [5, 5.41) is 3.55. The van der Waals surface area contributed by atoms with E-state index in [1.54, 1.807) is 11.3 Å². The molecule has 1 N–H and O–H groups in total. The summed E-state index contributed by atoms with van der Waals surface area (Å²) in [5.41, 5.74) is 0. The van der Waals surface area contributed by atoms with Gasteiger partial charge >= 0.3 is 0 Å². The van der Waals surface area contributed by atoms with Gasteiger partial charge in [0.2, 0.25) is 0 Å². The van der Waals surface area contributed by atoms with Crippen molar-refractivity contribution in [3.8, 4) is 0 Å². The monoisotopic (exact) mass is 299 g/mol. The van der Waals surface area contributed by atoms with Crippen LogP contribution in [0.1, 0.15) is 34.5 Å². The van der Waals surface area contributed by atoms with Crippen LogP contribution in [0, 0.1) is 0 Å². The Bertz CT molecular complexity index is 489. The van der Waals surface area contributed by atoms with Crippen molar-refractivity contribution >= 4 is 34.3 Å². The molecule has 1 atom stereocenters. The molecule has 0 saturated carbocycles. The highest BCUT2D eigenvalue weighted by atomic mass is 35.5. The van der Waals surface area contributed by atoms with Crippen LogP contribution in [0.25, 0.3) is 0 Å². The summed E-state index contributed by atoms with van der Waals surface area (Å²) in [5.74, 6) is 0. The van der Waals surface area contributed by atoms with E-state index in [2.05, 4.69) is 37.4 Å². The van der Waals surface area contributed by atoms with Crippen molar-refractivity contribution in [2.24, 2.45) is 0 Å². The second-order valence-corrected chi connectivity index (χ2v) is 7.18. The highest BCUT2D eigenvalue weighted by Crippen LogP contribution is 2.30. The molecular formula is C14H18ClNS2. The van der Waals surface area contributed by atoms with Crippen molar-refractivity contribution in [2.45, 2.75) is 32.7 Å². The lowest BCUT2D eigenvalue weighted by Gasteiger charge is -2.15. The minimum Gasteiger partial charge on any atom is -0.309 e. The lowest BCUT2D eigenvalue weighted by molar-refractivity contribution is 0.562. The summed E-state index contributed by atoms with van der Waals surface area (Å²) < 4.78 is 0.869. The molecule has 2 rings (SSSR count). The third kappa shape index (κ3) is 3.58. The predicted octanol–water partition coefficient (Wildman–Crippen LogP) is 4.92. The van der Waals surface area contributed by atoms with Crippen LogP contribution >= 0.6 is 34.3 Å². The summed E-state index contributed by atoms with van der Waals surface area (Å²) in [6, 6.07) is 9.00. The first-order valence-electron chi connectivity index (χ1n) is 6.29. The molecule has 4 heteroatoms. The van der Waals surface area contributed by atoms with E-state index >= 15 is 0 Å². The molecular weight excluding hydrogens is 282 g/mol. The number of rotatable bonds is 6. The van der Waals surface area contributed by atoms with E-state index in [4.69, 9.17) is 11.6 Å². The lowest BCUT2D eigenvalue weighted by Crippen LogP contribution is -2.21. The van der Waals surface area contributed by atoms with Crippen molar-refractivity contribution in [3.05, 3.63) is 43.2 Å². The molecule has 0 saturated heterocycles. The summed E-state index contributed by atoms with van der Waals surface area (Å²) in [7, 11) is 0. The first-order chi connectivity index (χ1) is 8.72. The molecule has 0 fully saturated rings. The molecule has 2 aromatic rings. The van der Waals surface area contributed by atoms with Crippen LogP contribution in [0.15, 0.2) is 24.3 Å². The SMILES string of the molecule is CCNC(Cc1ccc(CC)s1)c1ccc(Cl)s1. The van der Waals surface area contributed by atoms with Gasteiger partial charge in [-0.25, -0.2) is 0 Å². The standard InChI is InChI=1S/C14H18ClNS2/c1-3-10-5-6-11(17-10)9-12(16-4-2)13-7-8-14(15)18-13/h5-8,12,16H,3-4,9H2,1-2H3. The van der Waals surface area contributed by atoms with E-state index in [1.165, 1.54) is 14.6 Å².